The number of hydrazone groups is 1. The molecule has 0 amide bonds. The SMILES string of the molecule is CNC(=N[N+](=O)[O-])NCC1CCOC1.N=C(N)N. The van der Waals surface area contributed by atoms with E-state index in [2.05, 4.69) is 27.2 Å². The second kappa shape index (κ2) is 8.98. The fraction of sp³-hybridized carbons (Fsp3) is 0.750. The molecule has 0 saturated carbocycles. The lowest BCUT2D eigenvalue weighted by Crippen LogP contribution is -2.38. The highest BCUT2D eigenvalue weighted by molar-refractivity contribution is 5.78. The Morgan fingerprint density at radius 1 is 1.67 bits per heavy atom. The molecular weight excluding hydrogens is 242 g/mol. The molecule has 1 aliphatic heterocycles. The average Bonchev–Trinajstić information content (AvgIpc) is 2.75. The van der Waals surface area contributed by atoms with E-state index in [0.717, 1.165) is 13.0 Å². The lowest BCUT2D eigenvalue weighted by atomic mass is 10.1. The summed E-state index contributed by atoms with van der Waals surface area (Å²) >= 11 is 0. The Kier molecular flexibility index (Phi) is 7.94. The number of rotatable bonds is 3. The lowest BCUT2D eigenvalue weighted by Gasteiger charge is -2.09. The van der Waals surface area contributed by atoms with Crippen molar-refractivity contribution in [2.75, 3.05) is 26.8 Å². The number of nitro groups is 1. The second-order valence-corrected chi connectivity index (χ2v) is 3.50. The van der Waals surface area contributed by atoms with Crippen LogP contribution in [0.25, 0.3) is 0 Å². The standard InChI is InChI=1S/C7H14N4O3.CH5N3/c1-8-7(10-11(12)13)9-4-6-2-3-14-5-6;2-1(3)4/h6H,2-5H2,1H3,(H2,8,9,10);(H5,2,3,4). The number of hydrogen-bond acceptors (Lipinski definition) is 4. The Hall–Kier alpha value is -2.10. The molecule has 1 aliphatic rings. The van der Waals surface area contributed by atoms with Gasteiger partial charge in [0.1, 0.15) is 5.10 Å². The molecule has 1 heterocycles. The van der Waals surface area contributed by atoms with Crippen molar-refractivity contribution in [3.05, 3.63) is 10.1 Å². The topological polar surface area (TPSA) is 165 Å². The summed E-state index contributed by atoms with van der Waals surface area (Å²) in [6, 6.07) is 0. The van der Waals surface area contributed by atoms with E-state index in [4.69, 9.17) is 10.1 Å². The maximum Gasteiger partial charge on any atom is 0.268 e. The minimum Gasteiger partial charge on any atom is -0.381 e. The smallest absolute Gasteiger partial charge is 0.268 e. The second-order valence-electron chi connectivity index (χ2n) is 3.50. The van der Waals surface area contributed by atoms with Gasteiger partial charge in [0.15, 0.2) is 11.0 Å². The Bertz CT molecular complexity index is 297. The van der Waals surface area contributed by atoms with Crippen LogP contribution in [0.2, 0.25) is 0 Å². The van der Waals surface area contributed by atoms with Gasteiger partial charge in [0.2, 0.25) is 0 Å². The first kappa shape index (κ1) is 15.9. The van der Waals surface area contributed by atoms with Crippen LogP contribution in [0.4, 0.5) is 0 Å². The Labute approximate surface area is 104 Å². The fourth-order valence-electron chi connectivity index (χ4n) is 1.24. The zero-order chi connectivity index (χ0) is 14.0. The van der Waals surface area contributed by atoms with Gasteiger partial charge < -0.3 is 26.8 Å². The van der Waals surface area contributed by atoms with Gasteiger partial charge in [-0.1, -0.05) is 0 Å². The minimum atomic E-state index is -0.732. The third-order valence-corrected chi connectivity index (χ3v) is 2.00. The van der Waals surface area contributed by atoms with Gasteiger partial charge in [-0.05, 0) is 6.42 Å². The van der Waals surface area contributed by atoms with Crippen molar-refractivity contribution >= 4 is 11.9 Å². The van der Waals surface area contributed by atoms with Crippen LogP contribution in [-0.4, -0.2) is 43.8 Å². The number of hydrogen-bond donors (Lipinski definition) is 5. The van der Waals surface area contributed by atoms with Gasteiger partial charge in [0, 0.05) is 26.1 Å². The zero-order valence-electron chi connectivity index (χ0n) is 10.2. The van der Waals surface area contributed by atoms with E-state index in [9.17, 15) is 10.1 Å². The van der Waals surface area contributed by atoms with Crippen LogP contribution >= 0.6 is 0 Å². The number of nitrogens with one attached hydrogen (secondary N) is 3. The molecule has 18 heavy (non-hydrogen) atoms. The fourth-order valence-corrected chi connectivity index (χ4v) is 1.24. The number of nitrogens with zero attached hydrogens (tertiary/aromatic N) is 2. The van der Waals surface area contributed by atoms with Crippen molar-refractivity contribution in [2.45, 2.75) is 6.42 Å². The maximum absolute atomic E-state index is 10.1. The van der Waals surface area contributed by atoms with Crippen molar-refractivity contribution < 1.29 is 9.77 Å². The van der Waals surface area contributed by atoms with Gasteiger partial charge in [-0.2, -0.15) is 0 Å². The van der Waals surface area contributed by atoms with Crippen molar-refractivity contribution in [3.63, 3.8) is 0 Å². The highest BCUT2D eigenvalue weighted by Gasteiger charge is 2.16. The number of nitrogens with two attached hydrogens (primary N) is 2. The predicted octanol–water partition coefficient (Wildman–Crippen LogP) is -1.78. The molecule has 0 aromatic rings. The van der Waals surface area contributed by atoms with Crippen LogP contribution in [0.1, 0.15) is 6.42 Å². The van der Waals surface area contributed by atoms with Crippen molar-refractivity contribution in [2.24, 2.45) is 22.5 Å². The van der Waals surface area contributed by atoms with Crippen LogP contribution in [0.15, 0.2) is 5.10 Å². The van der Waals surface area contributed by atoms with Crippen molar-refractivity contribution in [3.8, 4) is 0 Å². The van der Waals surface area contributed by atoms with E-state index in [0.29, 0.717) is 19.1 Å². The minimum absolute atomic E-state index is 0.182. The summed E-state index contributed by atoms with van der Waals surface area (Å²) < 4.78 is 5.17. The summed E-state index contributed by atoms with van der Waals surface area (Å²) in [5.74, 6) is 0.266. The molecule has 7 N–H and O–H groups in total. The Morgan fingerprint density at radius 2 is 2.28 bits per heavy atom. The van der Waals surface area contributed by atoms with Crippen molar-refractivity contribution in [1.29, 1.82) is 5.41 Å². The third kappa shape index (κ3) is 9.15. The summed E-state index contributed by atoms with van der Waals surface area (Å²) in [4.78, 5) is 10.1. The molecule has 104 valence electrons. The molecule has 0 radical (unpaired) electrons. The van der Waals surface area contributed by atoms with Gasteiger partial charge in [0.05, 0.1) is 6.61 Å². The molecule has 0 aromatic carbocycles. The molecular formula is C8H19N7O3. The van der Waals surface area contributed by atoms with E-state index >= 15 is 0 Å². The van der Waals surface area contributed by atoms with Crippen LogP contribution in [0, 0.1) is 21.4 Å². The number of ether oxygens (including phenoxy) is 1. The Morgan fingerprint density at radius 3 is 2.67 bits per heavy atom. The van der Waals surface area contributed by atoms with Crippen molar-refractivity contribution in [1.82, 2.24) is 10.6 Å². The molecule has 0 aliphatic carbocycles. The van der Waals surface area contributed by atoms with E-state index < -0.39 is 5.03 Å². The molecule has 1 atom stereocenters. The zero-order valence-corrected chi connectivity index (χ0v) is 10.2. The van der Waals surface area contributed by atoms with Crippen LogP contribution in [-0.2, 0) is 4.74 Å². The van der Waals surface area contributed by atoms with E-state index in [1.54, 1.807) is 7.05 Å². The molecule has 1 unspecified atom stereocenters. The molecule has 1 saturated heterocycles. The molecule has 0 aromatic heterocycles. The summed E-state index contributed by atoms with van der Waals surface area (Å²) in [6.07, 6.45) is 0.989. The first-order valence-electron chi connectivity index (χ1n) is 5.27. The summed E-state index contributed by atoms with van der Waals surface area (Å²) in [7, 11) is 1.58. The molecule has 1 fully saturated rings. The normalized spacial score (nSPS) is 18.5. The summed E-state index contributed by atoms with van der Waals surface area (Å²) in [6.45, 7) is 2.13. The molecule has 1 rings (SSSR count). The maximum atomic E-state index is 10.1. The highest BCUT2D eigenvalue weighted by atomic mass is 16.7. The van der Waals surface area contributed by atoms with Gasteiger partial charge >= 0.3 is 0 Å². The monoisotopic (exact) mass is 261 g/mol. The predicted molar refractivity (Wildman–Crippen MR) is 66.5 cm³/mol. The third-order valence-electron chi connectivity index (χ3n) is 2.00. The quantitative estimate of drug-likeness (QED) is 0.173. The van der Waals surface area contributed by atoms with Crippen LogP contribution < -0.4 is 22.1 Å². The molecule has 10 nitrogen and oxygen atoms in total. The lowest BCUT2D eigenvalue weighted by molar-refractivity contribution is -0.485. The molecule has 0 spiro atoms. The first-order chi connectivity index (χ1) is 8.45. The Balaban J connectivity index is 0.000000631. The molecule has 0 bridgehead atoms. The molecule has 10 heteroatoms. The van der Waals surface area contributed by atoms with E-state index in [1.807, 2.05) is 0 Å². The largest absolute Gasteiger partial charge is 0.381 e. The van der Waals surface area contributed by atoms with Crippen LogP contribution in [0.3, 0.4) is 0 Å². The van der Waals surface area contributed by atoms with Crippen LogP contribution in [0.5, 0.6) is 0 Å². The highest BCUT2D eigenvalue weighted by Crippen LogP contribution is 2.10. The van der Waals surface area contributed by atoms with E-state index in [-0.39, 0.29) is 11.9 Å². The van der Waals surface area contributed by atoms with Gasteiger partial charge in [-0.15, -0.1) is 0 Å². The number of guanidine groups is 2. The summed E-state index contributed by atoms with van der Waals surface area (Å²) in [5.41, 5.74) is 8.94. The average molecular weight is 261 g/mol. The van der Waals surface area contributed by atoms with Gasteiger partial charge in [-0.25, -0.2) is 10.1 Å². The first-order valence-corrected chi connectivity index (χ1v) is 5.27. The van der Waals surface area contributed by atoms with Gasteiger partial charge in [0.25, 0.3) is 5.96 Å². The summed E-state index contributed by atoms with van der Waals surface area (Å²) in [5, 5.41) is 24.0. The van der Waals surface area contributed by atoms with Gasteiger partial charge in [-0.3, -0.25) is 5.41 Å². The van der Waals surface area contributed by atoms with E-state index in [1.165, 1.54) is 0 Å².